The highest BCUT2D eigenvalue weighted by Gasteiger charge is 2.10. The molecule has 1 unspecified atom stereocenters. The molecule has 19 heavy (non-hydrogen) atoms. The second kappa shape index (κ2) is 7.63. The molecule has 1 atom stereocenters. The molecule has 5 nitrogen and oxygen atoms in total. The maximum absolute atomic E-state index is 11.0. The zero-order chi connectivity index (χ0) is 14.3. The molecule has 0 heterocycles. The van der Waals surface area contributed by atoms with Crippen molar-refractivity contribution in [2.75, 3.05) is 20.8 Å². The van der Waals surface area contributed by atoms with Gasteiger partial charge in [-0.2, -0.15) is 0 Å². The van der Waals surface area contributed by atoms with Crippen LogP contribution in [0.5, 0.6) is 11.5 Å². The Labute approximate surface area is 113 Å². The van der Waals surface area contributed by atoms with Crippen LogP contribution in [-0.2, 0) is 16.0 Å². The average molecular weight is 267 g/mol. The first-order chi connectivity index (χ1) is 9.10. The molecule has 0 aliphatic carbocycles. The van der Waals surface area contributed by atoms with Gasteiger partial charge in [-0.05, 0) is 30.5 Å². The Hall–Kier alpha value is -1.75. The molecule has 1 aromatic carbocycles. The molecule has 1 rings (SSSR count). The fraction of sp³-hybridized carbons (Fsp3) is 0.500. The quantitative estimate of drug-likeness (QED) is 0.758. The molecule has 0 saturated carbocycles. The van der Waals surface area contributed by atoms with Gasteiger partial charge < -0.3 is 19.9 Å². The highest BCUT2D eigenvalue weighted by Crippen LogP contribution is 2.28. The number of esters is 1. The van der Waals surface area contributed by atoms with E-state index in [1.165, 1.54) is 7.11 Å². The first-order valence-electron chi connectivity index (χ1n) is 6.22. The number of methoxy groups -OCH3 is 2. The average Bonchev–Trinajstić information content (AvgIpc) is 2.44. The van der Waals surface area contributed by atoms with E-state index in [4.69, 9.17) is 15.2 Å². The summed E-state index contributed by atoms with van der Waals surface area (Å²) in [5.74, 6) is 0.672. The van der Waals surface area contributed by atoms with Crippen LogP contribution >= 0.6 is 0 Å². The molecule has 0 spiro atoms. The number of hydrogen-bond donors (Lipinski definition) is 1. The number of rotatable bonds is 7. The summed E-state index contributed by atoms with van der Waals surface area (Å²) in [6, 6.07) is 5.71. The van der Waals surface area contributed by atoms with Gasteiger partial charge in [0.1, 0.15) is 0 Å². The van der Waals surface area contributed by atoms with Crippen molar-refractivity contribution in [3.8, 4) is 11.5 Å². The minimum Gasteiger partial charge on any atom is -0.493 e. The lowest BCUT2D eigenvalue weighted by Gasteiger charge is -2.13. The molecule has 2 N–H and O–H groups in total. The van der Waals surface area contributed by atoms with Gasteiger partial charge in [-0.1, -0.05) is 13.0 Å². The van der Waals surface area contributed by atoms with Crippen LogP contribution in [0.3, 0.4) is 0 Å². The summed E-state index contributed by atoms with van der Waals surface area (Å²) in [7, 11) is 2.88. The van der Waals surface area contributed by atoms with Crippen molar-refractivity contribution in [3.63, 3.8) is 0 Å². The minimum absolute atomic E-state index is 0.131. The minimum atomic E-state index is -0.431. The van der Waals surface area contributed by atoms with Gasteiger partial charge in [-0.15, -0.1) is 0 Å². The normalized spacial score (nSPS) is 11.8. The van der Waals surface area contributed by atoms with Crippen LogP contribution in [0.2, 0.25) is 0 Å². The Kier molecular flexibility index (Phi) is 6.15. The van der Waals surface area contributed by atoms with Crippen LogP contribution in [-0.4, -0.2) is 32.8 Å². The zero-order valence-corrected chi connectivity index (χ0v) is 11.6. The molecule has 0 bridgehead atoms. The van der Waals surface area contributed by atoms with E-state index < -0.39 is 5.97 Å². The van der Waals surface area contributed by atoms with E-state index in [0.717, 1.165) is 18.4 Å². The van der Waals surface area contributed by atoms with E-state index >= 15 is 0 Å². The van der Waals surface area contributed by atoms with Gasteiger partial charge in [0.25, 0.3) is 0 Å². The van der Waals surface area contributed by atoms with Crippen molar-refractivity contribution in [2.24, 2.45) is 5.73 Å². The number of carbonyl (C=O) groups is 1. The number of carbonyl (C=O) groups excluding carboxylic acids is 1. The molecule has 0 aromatic heterocycles. The monoisotopic (exact) mass is 267 g/mol. The third kappa shape index (κ3) is 4.79. The van der Waals surface area contributed by atoms with Crippen LogP contribution < -0.4 is 15.2 Å². The fourth-order valence-corrected chi connectivity index (χ4v) is 1.60. The highest BCUT2D eigenvalue weighted by atomic mass is 16.6. The smallest absolute Gasteiger partial charge is 0.343 e. The van der Waals surface area contributed by atoms with Crippen LogP contribution in [0.1, 0.15) is 18.9 Å². The largest absolute Gasteiger partial charge is 0.493 e. The van der Waals surface area contributed by atoms with Crippen LogP contribution in [0.4, 0.5) is 0 Å². The first-order valence-corrected chi connectivity index (χ1v) is 6.22. The van der Waals surface area contributed by atoms with Crippen molar-refractivity contribution in [1.29, 1.82) is 0 Å². The van der Waals surface area contributed by atoms with E-state index in [0.29, 0.717) is 11.5 Å². The lowest BCUT2D eigenvalue weighted by atomic mass is 10.0. The highest BCUT2D eigenvalue weighted by molar-refractivity contribution is 5.71. The van der Waals surface area contributed by atoms with E-state index in [9.17, 15) is 4.79 Å². The van der Waals surface area contributed by atoms with Crippen LogP contribution in [0.15, 0.2) is 18.2 Å². The third-order valence-corrected chi connectivity index (χ3v) is 2.82. The second-order valence-corrected chi connectivity index (χ2v) is 4.22. The molecule has 0 aliphatic heterocycles. The van der Waals surface area contributed by atoms with Crippen molar-refractivity contribution in [3.05, 3.63) is 23.8 Å². The van der Waals surface area contributed by atoms with E-state index in [2.05, 4.69) is 11.7 Å². The number of hydrogen-bond acceptors (Lipinski definition) is 5. The van der Waals surface area contributed by atoms with Gasteiger partial charge >= 0.3 is 5.97 Å². The van der Waals surface area contributed by atoms with Gasteiger partial charge in [-0.25, -0.2) is 4.79 Å². The van der Waals surface area contributed by atoms with Gasteiger partial charge in [-0.3, -0.25) is 0 Å². The molecule has 5 heteroatoms. The van der Waals surface area contributed by atoms with Crippen LogP contribution in [0.25, 0.3) is 0 Å². The second-order valence-electron chi connectivity index (χ2n) is 4.22. The van der Waals surface area contributed by atoms with Crippen molar-refractivity contribution < 1.29 is 19.0 Å². The van der Waals surface area contributed by atoms with Crippen LogP contribution in [0, 0.1) is 0 Å². The summed E-state index contributed by atoms with van der Waals surface area (Å²) in [6.45, 7) is 1.91. The molecule has 0 radical (unpaired) electrons. The molecule has 106 valence electrons. The summed E-state index contributed by atoms with van der Waals surface area (Å²) in [5, 5.41) is 0. The third-order valence-electron chi connectivity index (χ3n) is 2.82. The van der Waals surface area contributed by atoms with E-state index in [-0.39, 0.29) is 12.6 Å². The van der Waals surface area contributed by atoms with E-state index in [1.807, 2.05) is 12.1 Å². The molecular weight excluding hydrogens is 246 g/mol. The van der Waals surface area contributed by atoms with Crippen molar-refractivity contribution >= 4 is 5.97 Å². The summed E-state index contributed by atoms with van der Waals surface area (Å²) in [5.41, 5.74) is 7.00. The van der Waals surface area contributed by atoms with Gasteiger partial charge in [0.05, 0.1) is 14.2 Å². The standard InChI is InChI=1S/C14H21NO4/c1-4-11(15)7-10-5-6-12(13(8-10)17-2)19-9-14(16)18-3/h5-6,8,11H,4,7,9,15H2,1-3H3. The topological polar surface area (TPSA) is 70.8 Å². The van der Waals surface area contributed by atoms with E-state index in [1.54, 1.807) is 13.2 Å². The summed E-state index contributed by atoms with van der Waals surface area (Å²) < 4.78 is 15.1. The molecule has 0 aliphatic rings. The van der Waals surface area contributed by atoms with Crippen molar-refractivity contribution in [2.45, 2.75) is 25.8 Å². The first kappa shape index (κ1) is 15.3. The van der Waals surface area contributed by atoms with Crippen molar-refractivity contribution in [1.82, 2.24) is 0 Å². The van der Waals surface area contributed by atoms with Gasteiger partial charge in [0.15, 0.2) is 18.1 Å². The Morgan fingerprint density at radius 3 is 2.63 bits per heavy atom. The predicted octanol–water partition coefficient (Wildman–Crippen LogP) is 1.53. The maximum Gasteiger partial charge on any atom is 0.343 e. The lowest BCUT2D eigenvalue weighted by molar-refractivity contribution is -0.142. The maximum atomic E-state index is 11.0. The lowest BCUT2D eigenvalue weighted by Crippen LogP contribution is -2.21. The molecule has 1 aromatic rings. The zero-order valence-electron chi connectivity index (χ0n) is 11.6. The SMILES string of the molecule is CCC(N)Cc1ccc(OCC(=O)OC)c(OC)c1. The van der Waals surface area contributed by atoms with Gasteiger partial charge in [0.2, 0.25) is 0 Å². The molecular formula is C14H21NO4. The summed E-state index contributed by atoms with van der Waals surface area (Å²) in [4.78, 5) is 11.0. The number of benzene rings is 1. The molecule has 0 saturated heterocycles. The Morgan fingerprint density at radius 1 is 1.32 bits per heavy atom. The molecule has 0 amide bonds. The number of nitrogens with two attached hydrogens (primary N) is 1. The summed E-state index contributed by atoms with van der Waals surface area (Å²) >= 11 is 0. The van der Waals surface area contributed by atoms with Gasteiger partial charge in [0, 0.05) is 6.04 Å². The molecule has 0 fully saturated rings. The Bertz CT molecular complexity index is 420. The number of ether oxygens (including phenoxy) is 3. The fourth-order valence-electron chi connectivity index (χ4n) is 1.60. The Balaban J connectivity index is 2.75. The predicted molar refractivity (Wildman–Crippen MR) is 72.5 cm³/mol. The summed E-state index contributed by atoms with van der Waals surface area (Å²) in [6.07, 6.45) is 1.70. The Morgan fingerprint density at radius 2 is 2.05 bits per heavy atom.